The van der Waals surface area contributed by atoms with Gasteiger partial charge in [0.1, 0.15) is 10.7 Å². The molecule has 7 nitrogen and oxygen atoms in total. The van der Waals surface area contributed by atoms with Gasteiger partial charge in [-0.1, -0.05) is 0 Å². The van der Waals surface area contributed by atoms with Gasteiger partial charge in [0.05, 0.1) is 16.5 Å². The predicted octanol–water partition coefficient (Wildman–Crippen LogP) is 0.657. The van der Waals surface area contributed by atoms with E-state index in [2.05, 4.69) is 25.6 Å². The van der Waals surface area contributed by atoms with Gasteiger partial charge < -0.3 is 0 Å². The van der Waals surface area contributed by atoms with Crippen LogP contribution in [-0.4, -0.2) is 28.6 Å². The molecule has 1 heterocycles. The molecule has 11 heteroatoms. The first-order chi connectivity index (χ1) is 8.65. The summed E-state index contributed by atoms with van der Waals surface area (Å²) in [4.78, 5) is 3.39. The average Bonchev–Trinajstić information content (AvgIpc) is 2.27. The molecule has 0 aromatic heterocycles. The summed E-state index contributed by atoms with van der Waals surface area (Å²) in [5.41, 5.74) is 0.0850. The molecule has 0 saturated heterocycles. The van der Waals surface area contributed by atoms with Crippen molar-refractivity contribution in [3.8, 4) is 0 Å². The number of halogens is 2. The molecule has 1 aromatic rings. The van der Waals surface area contributed by atoms with Crippen LogP contribution in [0.5, 0.6) is 0 Å². The van der Waals surface area contributed by atoms with Crippen molar-refractivity contribution in [2.75, 3.05) is 5.88 Å². The van der Waals surface area contributed by atoms with E-state index in [-0.39, 0.29) is 31.7 Å². The molecule has 0 fully saturated rings. The topological polar surface area (TPSA) is 119 Å². The Kier molecular flexibility index (Phi) is 3.64. The van der Waals surface area contributed by atoms with Crippen LogP contribution < -0.4 is 9.86 Å². The Hall–Kier alpha value is -0.680. The van der Waals surface area contributed by atoms with Gasteiger partial charge in [-0.25, -0.2) is 27.0 Å². The van der Waals surface area contributed by atoms with E-state index < -0.39 is 20.0 Å². The summed E-state index contributed by atoms with van der Waals surface area (Å²) in [6.07, 6.45) is 0. The molecular formula is C8H7BrClN3O4S2. The number of fused-ring (bicyclic) bond motifs is 1. The fourth-order valence-electron chi connectivity index (χ4n) is 1.45. The van der Waals surface area contributed by atoms with Crippen molar-refractivity contribution >= 4 is 59.1 Å². The molecule has 0 bridgehead atoms. The molecular weight excluding hydrogens is 382 g/mol. The lowest BCUT2D eigenvalue weighted by molar-refractivity contribution is 0.591. The zero-order valence-electron chi connectivity index (χ0n) is 9.09. The molecule has 0 radical (unpaired) electrons. The molecule has 2 rings (SSSR count). The van der Waals surface area contributed by atoms with Crippen molar-refractivity contribution in [3.05, 3.63) is 16.6 Å². The third kappa shape index (κ3) is 2.77. The van der Waals surface area contributed by atoms with Gasteiger partial charge in [0.25, 0.3) is 10.0 Å². The zero-order valence-corrected chi connectivity index (χ0v) is 13.1. The quantitative estimate of drug-likeness (QED) is 0.723. The molecule has 0 atom stereocenters. The van der Waals surface area contributed by atoms with Gasteiger partial charge >= 0.3 is 0 Å². The first kappa shape index (κ1) is 14.7. The third-order valence-corrected chi connectivity index (χ3v) is 5.39. The van der Waals surface area contributed by atoms with Gasteiger partial charge in [0.2, 0.25) is 10.0 Å². The molecule has 3 N–H and O–H groups in total. The molecule has 0 unspecified atom stereocenters. The van der Waals surface area contributed by atoms with Crippen LogP contribution in [0.3, 0.4) is 0 Å². The fraction of sp³-hybridized carbons (Fsp3) is 0.125. The van der Waals surface area contributed by atoms with Crippen LogP contribution in [0.25, 0.3) is 0 Å². The maximum absolute atomic E-state index is 12.0. The van der Waals surface area contributed by atoms with Gasteiger partial charge in [0, 0.05) is 4.47 Å². The molecule has 0 amide bonds. The summed E-state index contributed by atoms with van der Waals surface area (Å²) in [6.45, 7) is 0. The molecule has 1 aliphatic rings. The van der Waals surface area contributed by atoms with Gasteiger partial charge in [0.15, 0.2) is 0 Å². The summed E-state index contributed by atoms with van der Waals surface area (Å²) in [7, 11) is -7.95. The Bertz CT molecular complexity index is 788. The number of alkyl halides is 1. The van der Waals surface area contributed by atoms with E-state index in [0.29, 0.717) is 0 Å². The van der Waals surface area contributed by atoms with E-state index in [1.165, 1.54) is 6.07 Å². The number of nitrogens with zero attached hydrogens (tertiary/aromatic N) is 1. The lowest BCUT2D eigenvalue weighted by atomic mass is 10.3. The Balaban J connectivity index is 2.83. The highest BCUT2D eigenvalue weighted by molar-refractivity contribution is 9.10. The fourth-order valence-corrected chi connectivity index (χ4v) is 4.36. The number of aliphatic imine (C=N–C) groups is 1. The number of rotatable bonds is 2. The van der Waals surface area contributed by atoms with Crippen LogP contribution in [0.1, 0.15) is 0 Å². The summed E-state index contributed by atoms with van der Waals surface area (Å²) >= 11 is 8.61. The van der Waals surface area contributed by atoms with Gasteiger partial charge in [-0.05, 0) is 28.1 Å². The first-order valence-electron chi connectivity index (χ1n) is 4.68. The minimum Gasteiger partial charge on any atom is -0.266 e. The van der Waals surface area contributed by atoms with Crippen LogP contribution in [0, 0.1) is 0 Å². The van der Waals surface area contributed by atoms with Crippen molar-refractivity contribution in [2.45, 2.75) is 9.79 Å². The first-order valence-corrected chi connectivity index (χ1v) is 9.03. The van der Waals surface area contributed by atoms with Crippen LogP contribution in [0.4, 0.5) is 5.69 Å². The number of nitrogens with one attached hydrogen (secondary N) is 1. The second-order valence-corrected chi connectivity index (χ2v) is 7.93. The number of hydrogen-bond donors (Lipinski definition) is 2. The maximum atomic E-state index is 12.0. The number of amidine groups is 1. The van der Waals surface area contributed by atoms with E-state index in [1.54, 1.807) is 0 Å². The highest BCUT2D eigenvalue weighted by Gasteiger charge is 2.28. The van der Waals surface area contributed by atoms with E-state index in [4.69, 9.17) is 16.7 Å². The van der Waals surface area contributed by atoms with Crippen molar-refractivity contribution in [1.82, 2.24) is 4.72 Å². The van der Waals surface area contributed by atoms with E-state index in [9.17, 15) is 16.8 Å². The van der Waals surface area contributed by atoms with Crippen LogP contribution in [0.15, 0.2) is 31.4 Å². The van der Waals surface area contributed by atoms with Crippen LogP contribution >= 0.6 is 27.5 Å². The number of sulfonamides is 2. The number of benzene rings is 1. The largest absolute Gasteiger partial charge is 0.266 e. The molecule has 0 spiro atoms. The number of hydrogen-bond acceptors (Lipinski definition) is 5. The van der Waals surface area contributed by atoms with E-state index in [1.807, 2.05) is 0 Å². The molecule has 0 aliphatic carbocycles. The Labute approximate surface area is 123 Å². The third-order valence-electron chi connectivity index (χ3n) is 2.25. The molecule has 104 valence electrons. The van der Waals surface area contributed by atoms with Crippen LogP contribution in [-0.2, 0) is 20.0 Å². The smallest absolute Gasteiger partial charge is 0.265 e. The Morgan fingerprint density at radius 2 is 2.05 bits per heavy atom. The van der Waals surface area contributed by atoms with E-state index >= 15 is 0 Å². The van der Waals surface area contributed by atoms with Gasteiger partial charge in [-0.3, -0.25) is 4.72 Å². The lowest BCUT2D eigenvalue weighted by Crippen LogP contribution is -2.34. The Morgan fingerprint density at radius 1 is 1.42 bits per heavy atom. The SMILES string of the molecule is NS(=O)(=O)c1cc(Br)c2c(c1)S(=O)(=O)NC(CCl)=N2. The molecule has 1 aromatic carbocycles. The monoisotopic (exact) mass is 387 g/mol. The zero-order chi connectivity index (χ0) is 14.4. The summed E-state index contributed by atoms with van der Waals surface area (Å²) in [5, 5.41) is 4.98. The second-order valence-electron chi connectivity index (χ2n) is 3.59. The standard InChI is InChI=1S/C8H7BrClN3O4S2/c9-5-1-4(18(11,14)15)2-6-8(5)12-7(3-10)13-19(6,16)17/h1-2H,3H2,(H,12,13)(H2,11,14,15). The van der Waals surface area contributed by atoms with Gasteiger partial charge in [-0.2, -0.15) is 0 Å². The van der Waals surface area contributed by atoms with Crippen LogP contribution in [0.2, 0.25) is 0 Å². The van der Waals surface area contributed by atoms with Gasteiger partial charge in [-0.15, -0.1) is 11.6 Å². The number of nitrogens with two attached hydrogens (primary N) is 1. The highest BCUT2D eigenvalue weighted by Crippen LogP contribution is 2.37. The summed E-state index contributed by atoms with van der Waals surface area (Å²) in [6, 6.07) is 2.14. The van der Waals surface area contributed by atoms with Crippen molar-refractivity contribution in [1.29, 1.82) is 0 Å². The normalized spacial score (nSPS) is 17.3. The molecule has 1 aliphatic heterocycles. The summed E-state index contributed by atoms with van der Waals surface area (Å²) in [5.74, 6) is -0.0691. The summed E-state index contributed by atoms with van der Waals surface area (Å²) < 4.78 is 48.8. The number of primary sulfonamides is 1. The second kappa shape index (κ2) is 4.70. The van der Waals surface area contributed by atoms with Crippen molar-refractivity contribution in [3.63, 3.8) is 0 Å². The van der Waals surface area contributed by atoms with E-state index in [0.717, 1.165) is 6.07 Å². The van der Waals surface area contributed by atoms with Crippen molar-refractivity contribution < 1.29 is 16.8 Å². The van der Waals surface area contributed by atoms with Crippen molar-refractivity contribution in [2.24, 2.45) is 10.1 Å². The minimum absolute atomic E-state index is 0.0539. The molecule has 19 heavy (non-hydrogen) atoms. The maximum Gasteiger partial charge on any atom is 0.265 e. The minimum atomic E-state index is -4.02. The highest BCUT2D eigenvalue weighted by atomic mass is 79.9. The average molecular weight is 389 g/mol. The Morgan fingerprint density at radius 3 is 2.58 bits per heavy atom. The predicted molar refractivity (Wildman–Crippen MR) is 73.7 cm³/mol. The molecule has 0 saturated carbocycles. The lowest BCUT2D eigenvalue weighted by Gasteiger charge is -2.18.